The van der Waals surface area contributed by atoms with E-state index in [1.165, 1.54) is 17.7 Å². The zero-order valence-electron chi connectivity index (χ0n) is 10.7. The number of hydrogen-bond donors (Lipinski definition) is 1. The third-order valence-corrected chi connectivity index (χ3v) is 3.90. The highest BCUT2D eigenvalue weighted by Crippen LogP contribution is 2.57. The molecule has 0 aromatic carbocycles. The molecule has 1 aromatic rings. The molecule has 1 aliphatic carbocycles. The molecule has 1 unspecified atom stereocenters. The first-order chi connectivity index (χ1) is 7.33. The normalized spacial score (nSPS) is 22.5. The van der Waals surface area contributed by atoms with Crippen LogP contribution in [0, 0.1) is 17.0 Å². The monoisotopic (exact) mass is 236 g/mol. The van der Waals surface area contributed by atoms with Crippen molar-refractivity contribution in [2.45, 2.75) is 52.9 Å². The van der Waals surface area contributed by atoms with E-state index in [2.05, 4.69) is 44.6 Å². The lowest BCUT2D eigenvalue weighted by molar-refractivity contribution is 0.605. The van der Waals surface area contributed by atoms with Gasteiger partial charge in [-0.1, -0.05) is 39.9 Å². The van der Waals surface area contributed by atoms with Gasteiger partial charge in [0.1, 0.15) is 10.5 Å². The molecule has 2 nitrogen and oxygen atoms in total. The van der Waals surface area contributed by atoms with Crippen molar-refractivity contribution < 1.29 is 0 Å². The maximum absolute atomic E-state index is 5.39. The average Bonchev–Trinajstić information content (AvgIpc) is 2.73. The van der Waals surface area contributed by atoms with Crippen molar-refractivity contribution in [3.63, 3.8) is 0 Å². The summed E-state index contributed by atoms with van der Waals surface area (Å²) in [5.41, 5.74) is 2.78. The minimum atomic E-state index is 0.400. The van der Waals surface area contributed by atoms with Crippen molar-refractivity contribution in [1.29, 1.82) is 0 Å². The van der Waals surface area contributed by atoms with Crippen LogP contribution < -0.4 is 0 Å². The van der Waals surface area contributed by atoms with Gasteiger partial charge in [-0.3, -0.25) is 0 Å². The maximum Gasteiger partial charge on any atom is 0.133 e. The topological polar surface area (TPSA) is 28.7 Å². The summed E-state index contributed by atoms with van der Waals surface area (Å²) in [6.45, 7) is 11.0. The standard InChI is InChI=1S/C13H20N2S/c1-7(2)10-8(3)14-11(15-12(10)16)9-6-13(9,4)5/h7,9H,6H2,1-5H3,(H,14,15,16). The number of hydrogen-bond acceptors (Lipinski definition) is 2. The maximum atomic E-state index is 5.39. The van der Waals surface area contributed by atoms with Crippen LogP contribution in [0.15, 0.2) is 0 Å². The van der Waals surface area contributed by atoms with E-state index >= 15 is 0 Å². The quantitative estimate of drug-likeness (QED) is 0.784. The van der Waals surface area contributed by atoms with E-state index in [9.17, 15) is 0 Å². The largest absolute Gasteiger partial charge is 0.347 e. The molecule has 88 valence electrons. The van der Waals surface area contributed by atoms with E-state index in [4.69, 9.17) is 12.2 Å². The van der Waals surface area contributed by atoms with E-state index in [0.717, 1.165) is 10.5 Å². The molecule has 1 fully saturated rings. The van der Waals surface area contributed by atoms with Crippen LogP contribution in [-0.2, 0) is 0 Å². The van der Waals surface area contributed by atoms with Gasteiger partial charge in [0.25, 0.3) is 0 Å². The molecule has 0 aliphatic heterocycles. The zero-order chi connectivity index (χ0) is 12.1. The molecule has 1 N–H and O–H groups in total. The van der Waals surface area contributed by atoms with Gasteiger partial charge in [-0.05, 0) is 24.7 Å². The van der Waals surface area contributed by atoms with Crippen LogP contribution in [-0.4, -0.2) is 9.97 Å². The Morgan fingerprint density at radius 3 is 2.38 bits per heavy atom. The van der Waals surface area contributed by atoms with Gasteiger partial charge in [0.05, 0.1) is 0 Å². The SMILES string of the molecule is Cc1[nH]c(C2CC2(C)C)nc(=S)c1C(C)C. The molecule has 1 aromatic heterocycles. The molecule has 0 radical (unpaired) electrons. The third-order valence-electron chi connectivity index (χ3n) is 3.59. The number of rotatable bonds is 2. The predicted molar refractivity (Wildman–Crippen MR) is 69.4 cm³/mol. The average molecular weight is 236 g/mol. The van der Waals surface area contributed by atoms with Crippen molar-refractivity contribution in [1.82, 2.24) is 9.97 Å². The minimum Gasteiger partial charge on any atom is -0.347 e. The molecule has 1 heterocycles. The Labute approximate surface area is 103 Å². The Morgan fingerprint density at radius 1 is 1.44 bits per heavy atom. The molecule has 16 heavy (non-hydrogen) atoms. The smallest absolute Gasteiger partial charge is 0.133 e. The van der Waals surface area contributed by atoms with Gasteiger partial charge in [0.15, 0.2) is 0 Å². The molecule has 0 spiro atoms. The number of nitrogens with one attached hydrogen (secondary N) is 1. The summed E-state index contributed by atoms with van der Waals surface area (Å²) in [5.74, 6) is 2.09. The van der Waals surface area contributed by atoms with Crippen molar-refractivity contribution in [3.8, 4) is 0 Å². The zero-order valence-corrected chi connectivity index (χ0v) is 11.5. The highest BCUT2D eigenvalue weighted by atomic mass is 32.1. The summed E-state index contributed by atoms with van der Waals surface area (Å²) in [6, 6.07) is 0. The highest BCUT2D eigenvalue weighted by molar-refractivity contribution is 7.71. The van der Waals surface area contributed by atoms with Crippen LogP contribution in [0.4, 0.5) is 0 Å². The lowest BCUT2D eigenvalue weighted by Gasteiger charge is -2.12. The Kier molecular flexibility index (Phi) is 2.69. The van der Waals surface area contributed by atoms with Crippen LogP contribution in [0.2, 0.25) is 0 Å². The number of aromatic nitrogens is 2. The number of aromatic amines is 1. The van der Waals surface area contributed by atoms with Gasteiger partial charge >= 0.3 is 0 Å². The van der Waals surface area contributed by atoms with Crippen molar-refractivity contribution in [2.75, 3.05) is 0 Å². The number of H-pyrrole nitrogens is 1. The Bertz CT molecular complexity index is 471. The van der Waals surface area contributed by atoms with Gasteiger partial charge in [-0.15, -0.1) is 0 Å². The van der Waals surface area contributed by atoms with Crippen molar-refractivity contribution in [2.24, 2.45) is 5.41 Å². The fraction of sp³-hybridized carbons (Fsp3) is 0.692. The van der Waals surface area contributed by atoms with Gasteiger partial charge in [0.2, 0.25) is 0 Å². The first-order valence-electron chi connectivity index (χ1n) is 5.93. The van der Waals surface area contributed by atoms with Gasteiger partial charge in [-0.2, -0.15) is 0 Å². The molecule has 1 saturated carbocycles. The van der Waals surface area contributed by atoms with Gasteiger partial charge in [-0.25, -0.2) is 4.98 Å². The van der Waals surface area contributed by atoms with Crippen molar-refractivity contribution >= 4 is 12.2 Å². The second-order valence-corrected chi connectivity index (χ2v) is 6.25. The summed E-state index contributed by atoms with van der Waals surface area (Å²) in [4.78, 5) is 8.01. The summed E-state index contributed by atoms with van der Waals surface area (Å²) in [7, 11) is 0. The Balaban J connectivity index is 2.43. The predicted octanol–water partition coefficient (Wildman–Crippen LogP) is 4.08. The molecular formula is C13H20N2S. The molecular weight excluding hydrogens is 216 g/mol. The lowest BCUT2D eigenvalue weighted by Crippen LogP contribution is -2.05. The second-order valence-electron chi connectivity index (χ2n) is 5.87. The van der Waals surface area contributed by atoms with Crippen LogP contribution >= 0.6 is 12.2 Å². The number of nitrogens with zero attached hydrogens (tertiary/aromatic N) is 1. The van der Waals surface area contributed by atoms with E-state index in [1.807, 2.05) is 0 Å². The minimum absolute atomic E-state index is 0.400. The Hall–Kier alpha value is -0.700. The molecule has 0 saturated heterocycles. The highest BCUT2D eigenvalue weighted by Gasteiger charge is 2.48. The van der Waals surface area contributed by atoms with Gasteiger partial charge < -0.3 is 4.98 Å². The van der Waals surface area contributed by atoms with Crippen LogP contribution in [0.5, 0.6) is 0 Å². The summed E-state index contributed by atoms with van der Waals surface area (Å²) in [6.07, 6.45) is 1.21. The van der Waals surface area contributed by atoms with Crippen LogP contribution in [0.25, 0.3) is 0 Å². The van der Waals surface area contributed by atoms with E-state index in [-0.39, 0.29) is 0 Å². The first kappa shape index (κ1) is 11.8. The molecule has 1 atom stereocenters. The van der Waals surface area contributed by atoms with Crippen LogP contribution in [0.1, 0.15) is 63.0 Å². The summed E-state index contributed by atoms with van der Waals surface area (Å²) >= 11 is 5.39. The number of aryl methyl sites for hydroxylation is 1. The van der Waals surface area contributed by atoms with E-state index in [1.54, 1.807) is 0 Å². The van der Waals surface area contributed by atoms with Crippen LogP contribution in [0.3, 0.4) is 0 Å². The van der Waals surface area contributed by atoms with E-state index < -0.39 is 0 Å². The van der Waals surface area contributed by atoms with E-state index in [0.29, 0.717) is 17.3 Å². The molecule has 1 aliphatic rings. The van der Waals surface area contributed by atoms with Crippen molar-refractivity contribution in [3.05, 3.63) is 21.7 Å². The fourth-order valence-corrected chi connectivity index (χ4v) is 2.88. The summed E-state index contributed by atoms with van der Waals surface area (Å²) in [5, 5.41) is 0. The second kappa shape index (κ2) is 3.66. The molecule has 0 amide bonds. The molecule has 0 bridgehead atoms. The fourth-order valence-electron chi connectivity index (χ4n) is 2.40. The molecule has 3 heteroatoms. The first-order valence-corrected chi connectivity index (χ1v) is 6.34. The third kappa shape index (κ3) is 1.93. The van der Waals surface area contributed by atoms with Gasteiger partial charge in [0, 0.05) is 17.2 Å². The summed E-state index contributed by atoms with van der Waals surface area (Å²) < 4.78 is 0.781. The molecule has 2 rings (SSSR count). The Morgan fingerprint density at radius 2 is 2.00 bits per heavy atom. The lowest BCUT2D eigenvalue weighted by atomic mass is 10.0.